The Morgan fingerprint density at radius 2 is 1.87 bits per heavy atom. The predicted molar refractivity (Wildman–Crippen MR) is 84.7 cm³/mol. The highest BCUT2D eigenvalue weighted by atomic mass is 31.2. The number of hydrogen-bond acceptors (Lipinski definition) is 6. The normalized spacial score (nSPS) is 19.9. The standard InChI is InChI=1S/C16H19O6P/c1-19-15(17)11-14-9-13(12-7-5-4-6-8-12)10-16(22-14)23(18,20-2)21-3/h4-8,10-11,13H,9H2,1-3H3/b14-11+. The van der Waals surface area contributed by atoms with Crippen molar-refractivity contribution in [2.45, 2.75) is 12.3 Å². The molecule has 0 spiro atoms. The van der Waals surface area contributed by atoms with E-state index in [-0.39, 0.29) is 11.4 Å². The molecule has 0 aromatic heterocycles. The summed E-state index contributed by atoms with van der Waals surface area (Å²) in [5.41, 5.74) is 1.07. The summed E-state index contributed by atoms with van der Waals surface area (Å²) in [5.74, 6) is -0.315. The van der Waals surface area contributed by atoms with Crippen molar-refractivity contribution >= 4 is 13.6 Å². The largest absolute Gasteiger partial charge is 0.466 e. The molecule has 2 rings (SSSR count). The maximum absolute atomic E-state index is 12.6. The van der Waals surface area contributed by atoms with Crippen LogP contribution in [-0.2, 0) is 27.9 Å². The molecule has 0 fully saturated rings. The van der Waals surface area contributed by atoms with Gasteiger partial charge in [-0.25, -0.2) is 4.79 Å². The highest BCUT2D eigenvalue weighted by molar-refractivity contribution is 7.58. The van der Waals surface area contributed by atoms with Gasteiger partial charge < -0.3 is 18.5 Å². The minimum Gasteiger partial charge on any atom is -0.466 e. The van der Waals surface area contributed by atoms with E-state index >= 15 is 0 Å². The lowest BCUT2D eigenvalue weighted by atomic mass is 9.93. The first-order valence-corrected chi connectivity index (χ1v) is 8.52. The zero-order chi connectivity index (χ0) is 16.9. The van der Waals surface area contributed by atoms with E-state index in [0.29, 0.717) is 12.2 Å². The van der Waals surface area contributed by atoms with Crippen molar-refractivity contribution in [2.24, 2.45) is 0 Å². The topological polar surface area (TPSA) is 71.1 Å². The number of carbonyl (C=O) groups is 1. The predicted octanol–water partition coefficient (Wildman–Crippen LogP) is 3.57. The van der Waals surface area contributed by atoms with Gasteiger partial charge in [0, 0.05) is 26.6 Å². The molecular weight excluding hydrogens is 319 g/mol. The molecule has 0 N–H and O–H groups in total. The van der Waals surface area contributed by atoms with E-state index in [0.717, 1.165) is 5.56 Å². The van der Waals surface area contributed by atoms with E-state index in [9.17, 15) is 9.36 Å². The van der Waals surface area contributed by atoms with Crippen molar-refractivity contribution in [2.75, 3.05) is 21.3 Å². The van der Waals surface area contributed by atoms with E-state index in [1.54, 1.807) is 6.08 Å². The van der Waals surface area contributed by atoms with Gasteiger partial charge in [-0.3, -0.25) is 4.57 Å². The lowest BCUT2D eigenvalue weighted by Crippen LogP contribution is -2.12. The molecule has 1 aromatic rings. The Kier molecular flexibility index (Phi) is 5.77. The van der Waals surface area contributed by atoms with Gasteiger partial charge in [0.15, 0.2) is 0 Å². The number of esters is 1. The number of ether oxygens (including phenoxy) is 2. The number of hydrogen-bond donors (Lipinski definition) is 0. The van der Waals surface area contributed by atoms with Crippen LogP contribution in [0.3, 0.4) is 0 Å². The van der Waals surface area contributed by atoms with Crippen LogP contribution in [0.25, 0.3) is 0 Å². The molecule has 0 bridgehead atoms. The molecule has 23 heavy (non-hydrogen) atoms. The molecule has 1 aromatic carbocycles. The molecule has 0 aliphatic carbocycles. The van der Waals surface area contributed by atoms with E-state index in [4.69, 9.17) is 13.8 Å². The van der Waals surface area contributed by atoms with Crippen molar-refractivity contribution in [1.82, 2.24) is 0 Å². The maximum atomic E-state index is 12.6. The molecular formula is C16H19O6P. The smallest absolute Gasteiger partial charge is 0.395 e. The highest BCUT2D eigenvalue weighted by Crippen LogP contribution is 2.58. The fourth-order valence-corrected chi connectivity index (χ4v) is 3.35. The van der Waals surface area contributed by atoms with Gasteiger partial charge >= 0.3 is 13.6 Å². The van der Waals surface area contributed by atoms with Crippen LogP contribution in [0.2, 0.25) is 0 Å². The summed E-state index contributed by atoms with van der Waals surface area (Å²) in [6, 6.07) is 9.63. The summed E-state index contributed by atoms with van der Waals surface area (Å²) in [5, 5.41) is 0. The molecule has 0 saturated heterocycles. The second-order valence-corrected chi connectivity index (χ2v) is 6.99. The first kappa shape index (κ1) is 17.5. The van der Waals surface area contributed by atoms with Gasteiger partial charge in [-0.2, -0.15) is 0 Å². The fourth-order valence-electron chi connectivity index (χ4n) is 2.25. The van der Waals surface area contributed by atoms with Crippen LogP contribution in [0, 0.1) is 0 Å². The zero-order valence-corrected chi connectivity index (χ0v) is 14.1. The molecule has 1 aliphatic rings. The monoisotopic (exact) mass is 338 g/mol. The van der Waals surface area contributed by atoms with Gasteiger partial charge in [0.1, 0.15) is 5.76 Å². The second kappa shape index (κ2) is 7.59. The molecule has 1 aliphatic heterocycles. The maximum Gasteiger partial charge on any atom is 0.395 e. The van der Waals surface area contributed by atoms with Gasteiger partial charge in [0.2, 0.25) is 5.50 Å². The number of methoxy groups -OCH3 is 1. The van der Waals surface area contributed by atoms with Crippen molar-refractivity contribution in [3.63, 3.8) is 0 Å². The molecule has 6 nitrogen and oxygen atoms in total. The number of benzene rings is 1. The van der Waals surface area contributed by atoms with Crippen molar-refractivity contribution in [1.29, 1.82) is 0 Å². The van der Waals surface area contributed by atoms with Gasteiger partial charge in [-0.1, -0.05) is 30.3 Å². The summed E-state index contributed by atoms with van der Waals surface area (Å²) >= 11 is 0. The quantitative estimate of drug-likeness (QED) is 0.464. The molecule has 0 radical (unpaired) electrons. The van der Waals surface area contributed by atoms with Gasteiger partial charge in [-0.15, -0.1) is 0 Å². The van der Waals surface area contributed by atoms with Crippen LogP contribution >= 0.6 is 7.60 Å². The third kappa shape index (κ3) is 4.10. The summed E-state index contributed by atoms with van der Waals surface area (Å²) < 4.78 is 32.8. The van der Waals surface area contributed by atoms with Crippen LogP contribution in [0.4, 0.5) is 0 Å². The van der Waals surface area contributed by atoms with E-state index in [1.807, 2.05) is 30.3 Å². The van der Waals surface area contributed by atoms with Crippen molar-refractivity contribution in [3.05, 3.63) is 59.3 Å². The molecule has 1 atom stereocenters. The highest BCUT2D eigenvalue weighted by Gasteiger charge is 2.35. The zero-order valence-electron chi connectivity index (χ0n) is 13.2. The van der Waals surface area contributed by atoms with Gasteiger partial charge in [-0.05, 0) is 11.6 Å². The molecule has 124 valence electrons. The third-order valence-corrected chi connectivity index (χ3v) is 5.20. The average Bonchev–Trinajstić information content (AvgIpc) is 2.61. The van der Waals surface area contributed by atoms with Crippen molar-refractivity contribution in [3.8, 4) is 0 Å². The average molecular weight is 338 g/mol. The Labute approximate surface area is 135 Å². The number of allylic oxidation sites excluding steroid dienone is 2. The number of carbonyl (C=O) groups excluding carboxylic acids is 1. The third-order valence-electron chi connectivity index (χ3n) is 3.46. The Morgan fingerprint density at radius 3 is 2.43 bits per heavy atom. The van der Waals surface area contributed by atoms with Crippen LogP contribution in [0.5, 0.6) is 0 Å². The van der Waals surface area contributed by atoms with Crippen LogP contribution < -0.4 is 0 Å². The molecule has 1 heterocycles. The molecule has 0 saturated carbocycles. The minimum absolute atomic E-state index is 0.0674. The second-order valence-electron chi connectivity index (χ2n) is 4.82. The summed E-state index contributed by atoms with van der Waals surface area (Å²) in [6.45, 7) is 0. The summed E-state index contributed by atoms with van der Waals surface area (Å²) in [6.07, 6.45) is 3.38. The summed E-state index contributed by atoms with van der Waals surface area (Å²) in [4.78, 5) is 11.5. The lowest BCUT2D eigenvalue weighted by molar-refractivity contribution is -0.135. The Hall–Kier alpha value is -1.88. The molecule has 1 unspecified atom stereocenters. The van der Waals surface area contributed by atoms with Crippen LogP contribution in [0.15, 0.2) is 53.7 Å². The molecule has 7 heteroatoms. The lowest BCUT2D eigenvalue weighted by Gasteiger charge is -2.27. The Balaban J connectivity index is 2.43. The minimum atomic E-state index is -3.56. The Bertz CT molecular complexity index is 656. The van der Waals surface area contributed by atoms with Gasteiger partial charge in [0.25, 0.3) is 0 Å². The van der Waals surface area contributed by atoms with E-state index in [2.05, 4.69) is 4.74 Å². The first-order chi connectivity index (χ1) is 11.0. The van der Waals surface area contributed by atoms with Crippen LogP contribution in [0.1, 0.15) is 17.9 Å². The SMILES string of the molecule is COC(=O)/C=C1\CC(c2ccccc2)C=C(P(=O)(OC)OC)O1. The van der Waals surface area contributed by atoms with Gasteiger partial charge in [0.05, 0.1) is 13.2 Å². The number of rotatable bonds is 5. The van der Waals surface area contributed by atoms with E-state index in [1.165, 1.54) is 27.4 Å². The van der Waals surface area contributed by atoms with Crippen LogP contribution in [-0.4, -0.2) is 27.3 Å². The first-order valence-electron chi connectivity index (χ1n) is 6.97. The van der Waals surface area contributed by atoms with Crippen molar-refractivity contribution < 1.29 is 27.9 Å². The molecule has 0 amide bonds. The fraction of sp³-hybridized carbons (Fsp3) is 0.312. The van der Waals surface area contributed by atoms with E-state index < -0.39 is 13.6 Å². The summed E-state index contributed by atoms with van der Waals surface area (Å²) in [7, 11) is 0.287. The Morgan fingerprint density at radius 1 is 1.22 bits per heavy atom.